The fourth-order valence-corrected chi connectivity index (χ4v) is 2.52. The molecule has 0 amide bonds. The summed E-state index contributed by atoms with van der Waals surface area (Å²) in [4.78, 5) is 11.0. The highest BCUT2D eigenvalue weighted by molar-refractivity contribution is 6.43. The van der Waals surface area contributed by atoms with E-state index in [2.05, 4.69) is 15.5 Å². The number of hydrogen-bond acceptors (Lipinski definition) is 4. The largest absolute Gasteiger partial charge is 0.481 e. The highest BCUT2D eigenvalue weighted by Gasteiger charge is 2.22. The van der Waals surface area contributed by atoms with Gasteiger partial charge in [0.05, 0.1) is 22.5 Å². The van der Waals surface area contributed by atoms with Crippen LogP contribution in [-0.2, 0) is 4.79 Å². The molecule has 0 radical (unpaired) electrons. The lowest BCUT2D eigenvalue weighted by molar-refractivity contribution is -0.138. The van der Waals surface area contributed by atoms with Crippen molar-refractivity contribution in [3.05, 3.63) is 28.2 Å². The van der Waals surface area contributed by atoms with Crippen LogP contribution in [0.1, 0.15) is 32.2 Å². The second-order valence-electron chi connectivity index (χ2n) is 4.59. The summed E-state index contributed by atoms with van der Waals surface area (Å²) < 4.78 is 1.51. The van der Waals surface area contributed by atoms with Gasteiger partial charge < -0.3 is 5.11 Å². The van der Waals surface area contributed by atoms with Crippen LogP contribution in [0.15, 0.2) is 18.2 Å². The molecule has 0 saturated carbocycles. The Morgan fingerprint density at radius 2 is 2.19 bits per heavy atom. The first-order valence-corrected chi connectivity index (χ1v) is 7.24. The van der Waals surface area contributed by atoms with Gasteiger partial charge in [0.2, 0.25) is 0 Å². The van der Waals surface area contributed by atoms with Crippen LogP contribution in [0.5, 0.6) is 0 Å². The molecule has 21 heavy (non-hydrogen) atoms. The minimum atomic E-state index is -0.896. The molecule has 1 unspecified atom stereocenters. The first kappa shape index (κ1) is 15.7. The molecule has 2 rings (SSSR count). The fraction of sp³-hybridized carbons (Fsp3) is 0.385. The van der Waals surface area contributed by atoms with Crippen LogP contribution in [0.3, 0.4) is 0 Å². The van der Waals surface area contributed by atoms with Crippen LogP contribution >= 0.6 is 23.2 Å². The summed E-state index contributed by atoms with van der Waals surface area (Å²) in [6.45, 7) is 1.98. The third-order valence-corrected chi connectivity index (χ3v) is 3.88. The van der Waals surface area contributed by atoms with E-state index in [1.165, 1.54) is 4.68 Å². The molecule has 1 heterocycles. The van der Waals surface area contributed by atoms with Gasteiger partial charge in [-0.3, -0.25) is 4.79 Å². The fourth-order valence-electron chi connectivity index (χ4n) is 2.14. The Morgan fingerprint density at radius 3 is 2.86 bits per heavy atom. The van der Waals surface area contributed by atoms with Crippen molar-refractivity contribution in [2.75, 3.05) is 0 Å². The van der Waals surface area contributed by atoms with Gasteiger partial charge in [-0.25, -0.2) is 4.68 Å². The lowest BCUT2D eigenvalue weighted by atomic mass is 10.1. The minimum Gasteiger partial charge on any atom is -0.481 e. The number of carbonyl (C=O) groups is 1. The van der Waals surface area contributed by atoms with Crippen LogP contribution in [0.4, 0.5) is 0 Å². The highest BCUT2D eigenvalue weighted by Crippen LogP contribution is 2.33. The van der Waals surface area contributed by atoms with Crippen molar-refractivity contribution in [3.8, 4) is 11.4 Å². The first-order chi connectivity index (χ1) is 10.0. The monoisotopic (exact) mass is 328 g/mol. The van der Waals surface area contributed by atoms with Gasteiger partial charge in [0, 0.05) is 5.56 Å². The smallest absolute Gasteiger partial charge is 0.305 e. The summed E-state index contributed by atoms with van der Waals surface area (Å²) in [5, 5.41) is 21.3. The zero-order valence-electron chi connectivity index (χ0n) is 11.3. The van der Waals surface area contributed by atoms with Crippen molar-refractivity contribution in [1.29, 1.82) is 0 Å². The molecule has 1 atom stereocenters. The summed E-state index contributed by atoms with van der Waals surface area (Å²) in [5.41, 5.74) is 0.584. The molecule has 0 aliphatic carbocycles. The van der Waals surface area contributed by atoms with Crippen molar-refractivity contribution in [3.63, 3.8) is 0 Å². The van der Waals surface area contributed by atoms with Crippen molar-refractivity contribution in [2.45, 2.75) is 32.2 Å². The van der Waals surface area contributed by atoms with E-state index < -0.39 is 5.97 Å². The number of aromatic nitrogens is 4. The van der Waals surface area contributed by atoms with Crippen LogP contribution in [0.2, 0.25) is 10.0 Å². The number of rotatable bonds is 6. The predicted octanol–water partition coefficient (Wildman–Crippen LogP) is 3.46. The Hall–Kier alpha value is -1.66. The summed E-state index contributed by atoms with van der Waals surface area (Å²) in [6.07, 6.45) is 1.42. The number of benzene rings is 1. The Kier molecular flexibility index (Phi) is 5.14. The molecular formula is C13H14Cl2N4O2. The summed E-state index contributed by atoms with van der Waals surface area (Å²) >= 11 is 12.2. The zero-order valence-corrected chi connectivity index (χ0v) is 12.8. The topological polar surface area (TPSA) is 80.9 Å². The Bertz CT molecular complexity index is 645. The summed E-state index contributed by atoms with van der Waals surface area (Å²) in [5.74, 6) is -0.478. The van der Waals surface area contributed by atoms with Gasteiger partial charge in [-0.15, -0.1) is 5.10 Å². The molecule has 1 N–H and O–H groups in total. The highest BCUT2D eigenvalue weighted by atomic mass is 35.5. The number of aliphatic carboxylic acids is 1. The second-order valence-corrected chi connectivity index (χ2v) is 5.37. The molecule has 0 aliphatic heterocycles. The summed E-state index contributed by atoms with van der Waals surface area (Å²) in [6, 6.07) is 4.84. The molecule has 1 aromatic heterocycles. The van der Waals surface area contributed by atoms with Gasteiger partial charge >= 0.3 is 5.97 Å². The molecule has 8 heteroatoms. The van der Waals surface area contributed by atoms with E-state index in [-0.39, 0.29) is 12.5 Å². The van der Waals surface area contributed by atoms with Crippen LogP contribution < -0.4 is 0 Å². The zero-order chi connectivity index (χ0) is 15.4. The minimum absolute atomic E-state index is 0.0515. The molecule has 112 valence electrons. The van der Waals surface area contributed by atoms with Gasteiger partial charge in [-0.05, 0) is 29.0 Å². The van der Waals surface area contributed by atoms with Crippen LogP contribution in [-0.4, -0.2) is 31.3 Å². The number of hydrogen-bond donors (Lipinski definition) is 1. The maximum atomic E-state index is 11.0. The number of tetrazole rings is 1. The first-order valence-electron chi connectivity index (χ1n) is 6.48. The normalized spacial score (nSPS) is 12.3. The van der Waals surface area contributed by atoms with Crippen LogP contribution in [0, 0.1) is 0 Å². The van der Waals surface area contributed by atoms with Crippen molar-refractivity contribution < 1.29 is 9.90 Å². The number of nitrogens with zero attached hydrogens (tertiary/aromatic N) is 4. The molecule has 2 aromatic rings. The van der Waals surface area contributed by atoms with Gasteiger partial charge in [0.15, 0.2) is 5.82 Å². The van der Waals surface area contributed by atoms with E-state index in [9.17, 15) is 4.79 Å². The lowest BCUT2D eigenvalue weighted by Gasteiger charge is -2.16. The van der Waals surface area contributed by atoms with E-state index in [0.29, 0.717) is 27.9 Å². The maximum absolute atomic E-state index is 11.0. The van der Waals surface area contributed by atoms with Crippen molar-refractivity contribution in [1.82, 2.24) is 20.2 Å². The number of carboxylic acids is 1. The molecule has 0 saturated heterocycles. The molecule has 0 aliphatic rings. The third kappa shape index (κ3) is 3.51. The molecule has 0 bridgehead atoms. The third-order valence-electron chi connectivity index (χ3n) is 3.06. The van der Waals surface area contributed by atoms with E-state index in [1.54, 1.807) is 18.2 Å². The molecule has 0 fully saturated rings. The standard InChI is InChI=1S/C13H14Cl2N4O2/c1-2-4-8(7-11(20)21)19-13(16-17-18-19)9-5-3-6-10(14)12(9)15/h3,5-6,8H,2,4,7H2,1H3,(H,20,21). The SMILES string of the molecule is CCCC(CC(=O)O)n1nnnc1-c1cccc(Cl)c1Cl. The predicted molar refractivity (Wildman–Crippen MR) is 79.5 cm³/mol. The van der Waals surface area contributed by atoms with E-state index in [4.69, 9.17) is 28.3 Å². The molecule has 1 aromatic carbocycles. The number of carboxylic acid groups (broad SMARTS) is 1. The van der Waals surface area contributed by atoms with E-state index >= 15 is 0 Å². The van der Waals surface area contributed by atoms with Crippen molar-refractivity contribution >= 4 is 29.2 Å². The summed E-state index contributed by atoms with van der Waals surface area (Å²) in [7, 11) is 0. The quantitative estimate of drug-likeness (QED) is 0.878. The lowest BCUT2D eigenvalue weighted by Crippen LogP contribution is -2.16. The van der Waals surface area contributed by atoms with E-state index in [1.807, 2.05) is 6.92 Å². The second kappa shape index (κ2) is 6.87. The molecule has 6 nitrogen and oxygen atoms in total. The molecule has 0 spiro atoms. The number of halogens is 2. The van der Waals surface area contributed by atoms with Gasteiger partial charge in [-0.1, -0.05) is 42.6 Å². The Balaban J connectivity index is 2.45. The Morgan fingerprint density at radius 1 is 1.43 bits per heavy atom. The maximum Gasteiger partial charge on any atom is 0.305 e. The molecular weight excluding hydrogens is 315 g/mol. The van der Waals surface area contributed by atoms with E-state index in [0.717, 1.165) is 6.42 Å². The average Bonchev–Trinajstić information content (AvgIpc) is 2.90. The van der Waals surface area contributed by atoms with Gasteiger partial charge in [0.25, 0.3) is 0 Å². The van der Waals surface area contributed by atoms with Crippen molar-refractivity contribution in [2.24, 2.45) is 0 Å². The Labute approximate surface area is 131 Å². The van der Waals surface area contributed by atoms with Gasteiger partial charge in [0.1, 0.15) is 0 Å². The van der Waals surface area contributed by atoms with Crippen LogP contribution in [0.25, 0.3) is 11.4 Å². The van der Waals surface area contributed by atoms with Gasteiger partial charge in [-0.2, -0.15) is 0 Å². The average molecular weight is 329 g/mol.